The smallest absolute Gasteiger partial charge is 0.336 e. The second-order valence-electron chi connectivity index (χ2n) is 7.49. The minimum Gasteiger partial charge on any atom is -0.497 e. The fourth-order valence-electron chi connectivity index (χ4n) is 3.70. The van der Waals surface area contributed by atoms with E-state index in [4.69, 9.17) is 14.2 Å². The van der Waals surface area contributed by atoms with E-state index >= 15 is 0 Å². The molecule has 4 aromatic rings. The van der Waals surface area contributed by atoms with Crippen LogP contribution in [0, 0.1) is 0 Å². The van der Waals surface area contributed by atoms with Crippen LogP contribution in [-0.4, -0.2) is 36.4 Å². The highest BCUT2D eigenvalue weighted by molar-refractivity contribution is 9.10. The van der Waals surface area contributed by atoms with Gasteiger partial charge < -0.3 is 19.5 Å². The number of halogens is 1. The molecule has 0 atom stereocenters. The van der Waals surface area contributed by atoms with Crippen LogP contribution < -0.4 is 30.8 Å². The first-order valence-electron chi connectivity index (χ1n) is 10.5. The molecule has 0 spiro atoms. The van der Waals surface area contributed by atoms with Gasteiger partial charge >= 0.3 is 5.69 Å². The Morgan fingerprint density at radius 3 is 2.26 bits per heavy atom. The van der Waals surface area contributed by atoms with E-state index in [1.807, 2.05) is 0 Å². The molecular formula is C25H22BrN3O6. The van der Waals surface area contributed by atoms with Gasteiger partial charge in [-0.15, -0.1) is 0 Å². The Labute approximate surface area is 208 Å². The lowest BCUT2D eigenvalue weighted by molar-refractivity contribution is -0.116. The number of carbonyl (C=O) groups is 1. The number of methoxy groups -OCH3 is 3. The fourth-order valence-corrected chi connectivity index (χ4v) is 3.97. The quantitative estimate of drug-likeness (QED) is 0.385. The summed E-state index contributed by atoms with van der Waals surface area (Å²) in [4.78, 5) is 40.0. The molecule has 1 N–H and O–H groups in total. The van der Waals surface area contributed by atoms with Crippen molar-refractivity contribution in [1.82, 2.24) is 9.13 Å². The standard InChI is InChI=1S/C25H22BrN3O6/c1-33-18-6-4-5-17(11-18)29-24(31)19-12-21(34-2)22(35-3)13-20(19)28(25(29)32)14-23(30)27-16-9-7-15(26)8-10-16/h4-13H,14H2,1-3H3,(H,27,30). The molecule has 0 saturated carbocycles. The number of anilines is 1. The third kappa shape index (κ3) is 4.78. The summed E-state index contributed by atoms with van der Waals surface area (Å²) >= 11 is 3.35. The Balaban J connectivity index is 1.92. The predicted molar refractivity (Wildman–Crippen MR) is 136 cm³/mol. The number of hydrogen-bond acceptors (Lipinski definition) is 6. The number of nitrogens with zero attached hydrogens (tertiary/aromatic N) is 2. The van der Waals surface area contributed by atoms with E-state index in [1.165, 1.54) is 38.0 Å². The van der Waals surface area contributed by atoms with E-state index in [1.54, 1.807) is 48.5 Å². The lowest BCUT2D eigenvalue weighted by Gasteiger charge is -2.16. The van der Waals surface area contributed by atoms with Crippen molar-refractivity contribution < 1.29 is 19.0 Å². The zero-order valence-corrected chi connectivity index (χ0v) is 20.8. The zero-order valence-electron chi connectivity index (χ0n) is 19.2. The number of amides is 1. The number of ether oxygens (including phenoxy) is 3. The van der Waals surface area contributed by atoms with Crippen LogP contribution in [0.25, 0.3) is 16.6 Å². The first kappa shape index (κ1) is 24.1. The number of fused-ring (bicyclic) bond motifs is 1. The van der Waals surface area contributed by atoms with Crippen LogP contribution in [0.5, 0.6) is 17.2 Å². The Morgan fingerprint density at radius 2 is 1.60 bits per heavy atom. The first-order valence-corrected chi connectivity index (χ1v) is 11.3. The molecule has 1 aromatic heterocycles. The van der Waals surface area contributed by atoms with Gasteiger partial charge in [-0.3, -0.25) is 14.2 Å². The summed E-state index contributed by atoms with van der Waals surface area (Å²) in [5.74, 6) is 0.667. The van der Waals surface area contributed by atoms with Gasteiger partial charge in [0.1, 0.15) is 12.3 Å². The van der Waals surface area contributed by atoms with Gasteiger partial charge in [-0.25, -0.2) is 9.36 Å². The van der Waals surface area contributed by atoms with Crippen molar-refractivity contribution in [3.05, 3.63) is 86.0 Å². The van der Waals surface area contributed by atoms with Gasteiger partial charge in [0.2, 0.25) is 5.91 Å². The van der Waals surface area contributed by atoms with Gasteiger partial charge in [-0.2, -0.15) is 0 Å². The molecule has 1 heterocycles. The maximum absolute atomic E-state index is 13.6. The Morgan fingerprint density at radius 1 is 0.914 bits per heavy atom. The maximum Gasteiger partial charge on any atom is 0.336 e. The third-order valence-corrected chi connectivity index (χ3v) is 5.92. The number of carbonyl (C=O) groups excluding carboxylic acids is 1. The second-order valence-corrected chi connectivity index (χ2v) is 8.41. The lowest BCUT2D eigenvalue weighted by atomic mass is 10.2. The second kappa shape index (κ2) is 10.1. The van der Waals surface area contributed by atoms with E-state index in [-0.39, 0.29) is 17.4 Å². The van der Waals surface area contributed by atoms with Crippen LogP contribution in [0.2, 0.25) is 0 Å². The summed E-state index contributed by atoms with van der Waals surface area (Å²) in [6.45, 7) is -0.342. The van der Waals surface area contributed by atoms with Crippen LogP contribution in [0.1, 0.15) is 0 Å². The molecule has 180 valence electrons. The molecule has 0 bridgehead atoms. The number of hydrogen-bond donors (Lipinski definition) is 1. The maximum atomic E-state index is 13.6. The minimum atomic E-state index is -0.686. The van der Waals surface area contributed by atoms with Crippen LogP contribution in [-0.2, 0) is 11.3 Å². The molecule has 0 fully saturated rings. The molecule has 10 heteroatoms. The number of nitrogens with one attached hydrogen (secondary N) is 1. The van der Waals surface area contributed by atoms with E-state index in [0.29, 0.717) is 28.6 Å². The van der Waals surface area contributed by atoms with E-state index < -0.39 is 17.2 Å². The van der Waals surface area contributed by atoms with Gasteiger partial charge in [0, 0.05) is 22.3 Å². The van der Waals surface area contributed by atoms with E-state index in [2.05, 4.69) is 21.2 Å². The van der Waals surface area contributed by atoms with Crippen molar-refractivity contribution in [3.63, 3.8) is 0 Å². The van der Waals surface area contributed by atoms with Crippen LogP contribution in [0.4, 0.5) is 5.69 Å². The zero-order chi connectivity index (χ0) is 25.1. The monoisotopic (exact) mass is 539 g/mol. The summed E-state index contributed by atoms with van der Waals surface area (Å²) < 4.78 is 19.1. The Hall–Kier alpha value is -4.05. The molecule has 0 saturated heterocycles. The van der Waals surface area contributed by atoms with Gasteiger partial charge in [0.25, 0.3) is 5.56 Å². The third-order valence-electron chi connectivity index (χ3n) is 5.39. The molecule has 35 heavy (non-hydrogen) atoms. The molecule has 0 aliphatic heterocycles. The summed E-state index contributed by atoms with van der Waals surface area (Å²) in [5.41, 5.74) is -0.144. The molecule has 0 unspecified atom stereocenters. The normalized spacial score (nSPS) is 10.7. The predicted octanol–water partition coefficient (Wildman–Crippen LogP) is 3.58. The van der Waals surface area contributed by atoms with Crippen molar-refractivity contribution in [1.29, 1.82) is 0 Å². The average Bonchev–Trinajstić information content (AvgIpc) is 2.87. The highest BCUT2D eigenvalue weighted by Gasteiger charge is 2.20. The van der Waals surface area contributed by atoms with Gasteiger partial charge in [0.15, 0.2) is 11.5 Å². The SMILES string of the molecule is COc1cccc(-n2c(=O)c3cc(OC)c(OC)cc3n(CC(=O)Nc3ccc(Br)cc3)c2=O)c1. The molecule has 4 rings (SSSR count). The number of rotatable bonds is 7. The lowest BCUT2D eigenvalue weighted by Crippen LogP contribution is -2.40. The van der Waals surface area contributed by atoms with Gasteiger partial charge in [-0.05, 0) is 42.5 Å². The van der Waals surface area contributed by atoms with Crippen LogP contribution in [0.3, 0.4) is 0 Å². The van der Waals surface area contributed by atoms with Gasteiger partial charge in [-0.1, -0.05) is 22.0 Å². The van der Waals surface area contributed by atoms with E-state index in [0.717, 1.165) is 9.04 Å². The van der Waals surface area contributed by atoms with Crippen LogP contribution >= 0.6 is 15.9 Å². The molecule has 0 radical (unpaired) electrons. The molecule has 0 aliphatic carbocycles. The largest absolute Gasteiger partial charge is 0.497 e. The highest BCUT2D eigenvalue weighted by atomic mass is 79.9. The van der Waals surface area contributed by atoms with Crippen LogP contribution in [0.15, 0.2) is 74.7 Å². The van der Waals surface area contributed by atoms with Crippen molar-refractivity contribution in [2.24, 2.45) is 0 Å². The number of benzene rings is 3. The summed E-state index contributed by atoms with van der Waals surface area (Å²) in [6, 6.07) is 16.6. The molecule has 1 amide bonds. The molecule has 0 aliphatic rings. The summed E-state index contributed by atoms with van der Waals surface area (Å²) in [7, 11) is 4.39. The Bertz CT molecular complexity index is 1530. The Kier molecular flexibility index (Phi) is 6.92. The van der Waals surface area contributed by atoms with Crippen molar-refractivity contribution in [2.75, 3.05) is 26.6 Å². The fraction of sp³-hybridized carbons (Fsp3) is 0.160. The molecule has 9 nitrogen and oxygen atoms in total. The highest BCUT2D eigenvalue weighted by Crippen LogP contribution is 2.30. The van der Waals surface area contributed by atoms with Crippen molar-refractivity contribution in [2.45, 2.75) is 6.54 Å². The number of aromatic nitrogens is 2. The summed E-state index contributed by atoms with van der Waals surface area (Å²) in [5, 5.41) is 2.95. The molecular weight excluding hydrogens is 518 g/mol. The van der Waals surface area contributed by atoms with Gasteiger partial charge in [0.05, 0.1) is 37.9 Å². The summed E-state index contributed by atoms with van der Waals surface area (Å²) in [6.07, 6.45) is 0. The van der Waals surface area contributed by atoms with Crippen molar-refractivity contribution in [3.8, 4) is 22.9 Å². The first-order chi connectivity index (χ1) is 16.9. The van der Waals surface area contributed by atoms with Crippen molar-refractivity contribution >= 4 is 38.4 Å². The topological polar surface area (TPSA) is 101 Å². The average molecular weight is 540 g/mol. The molecule has 3 aromatic carbocycles. The van der Waals surface area contributed by atoms with E-state index in [9.17, 15) is 14.4 Å². The minimum absolute atomic E-state index is 0.182.